The van der Waals surface area contributed by atoms with Crippen molar-refractivity contribution in [1.29, 1.82) is 0 Å². The minimum absolute atomic E-state index is 0.0387. The van der Waals surface area contributed by atoms with Crippen LogP contribution < -0.4 is 15.0 Å². The predicted molar refractivity (Wildman–Crippen MR) is 177 cm³/mol. The van der Waals surface area contributed by atoms with E-state index in [9.17, 15) is 5.11 Å². The first kappa shape index (κ1) is 28.3. The molecule has 5 aliphatic rings. The third kappa shape index (κ3) is 4.43. The Morgan fingerprint density at radius 2 is 1.93 bits per heavy atom. The van der Waals surface area contributed by atoms with Gasteiger partial charge in [0, 0.05) is 58.4 Å². The molecule has 1 saturated carbocycles. The van der Waals surface area contributed by atoms with E-state index < -0.39 is 11.5 Å². The lowest BCUT2D eigenvalue weighted by molar-refractivity contribution is 0.0811. The number of fused-ring (bicyclic) bond motifs is 7. The van der Waals surface area contributed by atoms with Crippen molar-refractivity contribution < 1.29 is 18.6 Å². The molecule has 234 valence electrons. The molecule has 0 amide bonds. The maximum Gasteiger partial charge on any atom is 0.319 e. The van der Waals surface area contributed by atoms with E-state index in [1.807, 2.05) is 18.2 Å². The summed E-state index contributed by atoms with van der Waals surface area (Å²) in [5.74, 6) is 0.0778. The normalized spacial score (nSPS) is 30.8. The Kier molecular flexibility index (Phi) is 6.49. The highest BCUT2D eigenvalue weighted by atomic mass is 127. The molecule has 9 rings (SSSR count). The molecule has 2 aromatic carbocycles. The SMILES string of the molecule is Oc1cc(-c2ncc3c(N4CC5CCC(C4)N5)nc(OC[C@]45CCCN4[C@@H]4CCC[C@]4(F)C5)nc3c2F)c2c(I)cccc2c1. The number of benzene rings is 2. The first-order valence-electron chi connectivity index (χ1n) is 16.2. The molecule has 5 fully saturated rings. The molecule has 2 N–H and O–H groups in total. The molecular weight excluding hydrogens is 689 g/mol. The largest absolute Gasteiger partial charge is 0.508 e. The lowest BCUT2D eigenvalue weighted by Crippen LogP contribution is -2.51. The van der Waals surface area contributed by atoms with Crippen LogP contribution >= 0.6 is 22.6 Å². The number of phenolic OH excluding ortho intramolecular Hbond substituents is 1. The summed E-state index contributed by atoms with van der Waals surface area (Å²) in [6.45, 7) is 2.67. The maximum absolute atomic E-state index is 16.8. The molecule has 2 unspecified atom stereocenters. The molecule has 4 saturated heterocycles. The third-order valence-corrected chi connectivity index (χ3v) is 12.0. The highest BCUT2D eigenvalue weighted by molar-refractivity contribution is 14.1. The second-order valence-corrected chi connectivity index (χ2v) is 15.0. The zero-order chi connectivity index (χ0) is 30.5. The zero-order valence-corrected chi connectivity index (χ0v) is 27.1. The molecular formula is C34H35F2IN6O2. The van der Waals surface area contributed by atoms with Crippen LogP contribution in [0.5, 0.6) is 11.8 Å². The van der Waals surface area contributed by atoms with Crippen LogP contribution in [0.15, 0.2) is 36.5 Å². The predicted octanol–water partition coefficient (Wildman–Crippen LogP) is 6.11. The van der Waals surface area contributed by atoms with Crippen LogP contribution in [0.2, 0.25) is 0 Å². The van der Waals surface area contributed by atoms with Gasteiger partial charge in [-0.15, -0.1) is 0 Å². The number of aromatic nitrogens is 3. The third-order valence-electron chi connectivity index (χ3n) is 11.1. The molecule has 4 aliphatic heterocycles. The van der Waals surface area contributed by atoms with E-state index in [0.29, 0.717) is 41.7 Å². The van der Waals surface area contributed by atoms with E-state index in [0.717, 1.165) is 72.5 Å². The highest BCUT2D eigenvalue weighted by Crippen LogP contribution is 2.55. The van der Waals surface area contributed by atoms with Crippen LogP contribution in [0.3, 0.4) is 0 Å². The fourth-order valence-corrected chi connectivity index (χ4v) is 10.1. The molecule has 45 heavy (non-hydrogen) atoms. The van der Waals surface area contributed by atoms with Crippen LogP contribution in [-0.4, -0.2) is 80.5 Å². The number of ether oxygens (including phenoxy) is 1. The van der Waals surface area contributed by atoms with Crippen molar-refractivity contribution in [2.45, 2.75) is 80.7 Å². The van der Waals surface area contributed by atoms with Gasteiger partial charge in [0.1, 0.15) is 35.1 Å². The number of piperazine rings is 1. The van der Waals surface area contributed by atoms with Crippen LogP contribution in [0.25, 0.3) is 32.9 Å². The van der Waals surface area contributed by atoms with Crippen molar-refractivity contribution in [3.63, 3.8) is 0 Å². The number of pyridine rings is 1. The second kappa shape index (κ2) is 10.3. The molecule has 5 atom stereocenters. The van der Waals surface area contributed by atoms with Gasteiger partial charge in [-0.2, -0.15) is 9.97 Å². The van der Waals surface area contributed by atoms with Gasteiger partial charge < -0.3 is 20.1 Å². The smallest absolute Gasteiger partial charge is 0.319 e. The maximum atomic E-state index is 16.8. The van der Waals surface area contributed by atoms with E-state index in [1.54, 1.807) is 18.3 Å². The summed E-state index contributed by atoms with van der Waals surface area (Å²) in [5, 5.41) is 16.4. The van der Waals surface area contributed by atoms with Crippen LogP contribution in [0.4, 0.5) is 14.6 Å². The Labute approximate surface area is 273 Å². The fourth-order valence-electron chi connectivity index (χ4n) is 9.28. The van der Waals surface area contributed by atoms with Crippen molar-refractivity contribution in [2.24, 2.45) is 0 Å². The summed E-state index contributed by atoms with van der Waals surface area (Å²) in [7, 11) is 0. The first-order chi connectivity index (χ1) is 21.8. The Bertz CT molecular complexity index is 1850. The molecule has 2 bridgehead atoms. The molecule has 0 spiro atoms. The van der Waals surface area contributed by atoms with Gasteiger partial charge in [-0.25, -0.2) is 8.78 Å². The highest BCUT2D eigenvalue weighted by Gasteiger charge is 2.63. The summed E-state index contributed by atoms with van der Waals surface area (Å²) in [5.41, 5.74) is -0.783. The number of anilines is 1. The number of alkyl halides is 1. The number of hydrogen-bond acceptors (Lipinski definition) is 8. The molecule has 6 heterocycles. The molecule has 1 aliphatic carbocycles. The van der Waals surface area contributed by atoms with Crippen LogP contribution in [-0.2, 0) is 0 Å². The van der Waals surface area contributed by atoms with Gasteiger partial charge in [0.05, 0.1) is 10.9 Å². The Morgan fingerprint density at radius 3 is 2.78 bits per heavy atom. The topological polar surface area (TPSA) is 86.6 Å². The van der Waals surface area contributed by atoms with E-state index in [1.165, 1.54) is 0 Å². The van der Waals surface area contributed by atoms with Crippen molar-refractivity contribution in [1.82, 2.24) is 25.2 Å². The van der Waals surface area contributed by atoms with Gasteiger partial charge >= 0.3 is 6.01 Å². The number of halogens is 3. The van der Waals surface area contributed by atoms with Crippen molar-refractivity contribution in [3.05, 3.63) is 45.9 Å². The summed E-state index contributed by atoms with van der Waals surface area (Å²) in [6, 6.07) is 9.77. The van der Waals surface area contributed by atoms with Gasteiger partial charge in [-0.3, -0.25) is 9.88 Å². The number of rotatable bonds is 5. The minimum atomic E-state index is -1.16. The zero-order valence-electron chi connectivity index (χ0n) is 24.9. The van der Waals surface area contributed by atoms with Crippen molar-refractivity contribution in [3.8, 4) is 23.0 Å². The number of aromatic hydroxyl groups is 1. The monoisotopic (exact) mass is 724 g/mol. The van der Waals surface area contributed by atoms with Gasteiger partial charge in [-0.05, 0) is 97.7 Å². The summed E-state index contributed by atoms with van der Waals surface area (Å²) >= 11 is 2.23. The van der Waals surface area contributed by atoms with Crippen molar-refractivity contribution in [2.75, 3.05) is 31.1 Å². The lowest BCUT2D eigenvalue weighted by atomic mass is 9.88. The molecule has 0 radical (unpaired) electrons. The lowest BCUT2D eigenvalue weighted by Gasteiger charge is -2.35. The fraction of sp³-hybridized carbons (Fsp3) is 0.500. The molecule has 8 nitrogen and oxygen atoms in total. The van der Waals surface area contributed by atoms with Gasteiger partial charge in [0.25, 0.3) is 0 Å². The van der Waals surface area contributed by atoms with Gasteiger partial charge in [0.15, 0.2) is 5.82 Å². The molecule has 2 aromatic heterocycles. The van der Waals surface area contributed by atoms with E-state index in [4.69, 9.17) is 9.72 Å². The number of phenols is 1. The Morgan fingerprint density at radius 1 is 1.09 bits per heavy atom. The van der Waals surface area contributed by atoms with Crippen LogP contribution in [0, 0.1) is 9.39 Å². The molecule has 4 aromatic rings. The average molecular weight is 725 g/mol. The van der Waals surface area contributed by atoms with Crippen LogP contribution in [0.1, 0.15) is 51.4 Å². The van der Waals surface area contributed by atoms with Crippen molar-refractivity contribution >= 4 is 50.1 Å². The van der Waals surface area contributed by atoms with E-state index in [2.05, 4.69) is 47.7 Å². The van der Waals surface area contributed by atoms with E-state index in [-0.39, 0.29) is 41.2 Å². The number of nitrogens with one attached hydrogen (secondary N) is 1. The van der Waals surface area contributed by atoms with Gasteiger partial charge in [-0.1, -0.05) is 12.1 Å². The van der Waals surface area contributed by atoms with E-state index >= 15 is 8.78 Å². The Hall–Kier alpha value is -2.90. The first-order valence-corrected chi connectivity index (χ1v) is 17.3. The number of nitrogens with zero attached hydrogens (tertiary/aromatic N) is 5. The molecule has 11 heteroatoms. The summed E-state index contributed by atoms with van der Waals surface area (Å²) in [4.78, 5) is 18.8. The number of hydrogen-bond donors (Lipinski definition) is 2. The standard InChI is InChI=1S/C34H35F2IN6O2/c35-28-29(23-13-22(44)12-19-4-1-5-25(37)27(19)23)38-14-24-30(28)40-32(41-31(24)42-15-20-7-8-21(16-42)39-20)45-18-33-9-3-11-43(33)26-6-2-10-34(26,36)17-33/h1,4-5,12-14,20-21,26,39,44H,2-3,6-11,15-18H2/t20?,21?,26-,33-,34+/m1/s1. The summed E-state index contributed by atoms with van der Waals surface area (Å²) < 4.78 is 40.2. The quantitative estimate of drug-likeness (QED) is 0.239. The average Bonchev–Trinajstić information content (AvgIpc) is 3.74. The second-order valence-electron chi connectivity index (χ2n) is 13.8. The Balaban J connectivity index is 1.15. The summed E-state index contributed by atoms with van der Waals surface area (Å²) in [6.07, 6.45) is 8.65. The van der Waals surface area contributed by atoms with Gasteiger partial charge in [0.2, 0.25) is 0 Å². The minimum Gasteiger partial charge on any atom is -0.508 e.